The molecule has 0 spiro atoms. The molecular formula is C29H35F4N3O4. The Morgan fingerprint density at radius 1 is 1.02 bits per heavy atom. The van der Waals surface area contributed by atoms with Gasteiger partial charge in [-0.1, -0.05) is 6.07 Å². The molecule has 0 radical (unpaired) electrons. The van der Waals surface area contributed by atoms with Crippen LogP contribution in [-0.4, -0.2) is 63.0 Å². The molecule has 40 heavy (non-hydrogen) atoms. The Hall–Kier alpha value is -3.05. The first-order chi connectivity index (χ1) is 19.1. The Labute approximate surface area is 231 Å². The van der Waals surface area contributed by atoms with E-state index in [0.29, 0.717) is 42.5 Å². The first-order valence-corrected chi connectivity index (χ1v) is 13.6. The second-order valence-electron chi connectivity index (χ2n) is 10.8. The zero-order valence-electron chi connectivity index (χ0n) is 22.7. The fourth-order valence-electron chi connectivity index (χ4n) is 6.82. The molecule has 2 aromatic carbocycles. The minimum absolute atomic E-state index is 0.119. The number of amides is 2. The maximum atomic E-state index is 13.7. The summed E-state index contributed by atoms with van der Waals surface area (Å²) in [5, 5.41) is 5.42. The van der Waals surface area contributed by atoms with E-state index < -0.39 is 23.6 Å². The molecule has 2 N–H and O–H groups in total. The molecule has 1 aliphatic carbocycles. The molecule has 3 atom stereocenters. The van der Waals surface area contributed by atoms with Crippen molar-refractivity contribution in [3.63, 3.8) is 0 Å². The monoisotopic (exact) mass is 565 g/mol. The number of methoxy groups -OCH3 is 2. The average Bonchev–Trinajstić information content (AvgIpc) is 3.33. The summed E-state index contributed by atoms with van der Waals surface area (Å²) in [5.41, 5.74) is -0.490. The van der Waals surface area contributed by atoms with E-state index in [9.17, 15) is 22.4 Å². The molecular weight excluding hydrogens is 530 g/mol. The van der Waals surface area contributed by atoms with E-state index in [1.54, 1.807) is 14.2 Å². The number of halogens is 4. The van der Waals surface area contributed by atoms with E-state index in [2.05, 4.69) is 27.7 Å². The van der Waals surface area contributed by atoms with E-state index in [1.807, 2.05) is 6.07 Å². The van der Waals surface area contributed by atoms with Gasteiger partial charge in [0, 0.05) is 42.4 Å². The van der Waals surface area contributed by atoms with Gasteiger partial charge in [-0.15, -0.1) is 0 Å². The van der Waals surface area contributed by atoms with Crippen molar-refractivity contribution in [3.8, 4) is 11.5 Å². The summed E-state index contributed by atoms with van der Waals surface area (Å²) >= 11 is 0. The number of likely N-dealkylation sites (tertiary alicyclic amines) is 1. The minimum atomic E-state index is -4.86. The third kappa shape index (κ3) is 5.58. The van der Waals surface area contributed by atoms with Crippen LogP contribution in [0.15, 0.2) is 36.4 Å². The van der Waals surface area contributed by atoms with Gasteiger partial charge in [0.1, 0.15) is 5.82 Å². The van der Waals surface area contributed by atoms with Gasteiger partial charge >= 0.3 is 12.2 Å². The van der Waals surface area contributed by atoms with Crippen molar-refractivity contribution in [1.29, 1.82) is 0 Å². The van der Waals surface area contributed by atoms with Crippen LogP contribution < -0.4 is 20.1 Å². The molecule has 3 aliphatic rings. The number of anilines is 1. The number of carbonyl (C=O) groups excluding carboxylic acids is 1. The Kier molecular flexibility index (Phi) is 8.15. The lowest BCUT2D eigenvalue weighted by atomic mass is 9.65. The summed E-state index contributed by atoms with van der Waals surface area (Å²) in [6.07, 6.45) is 0.233. The van der Waals surface area contributed by atoms with Crippen molar-refractivity contribution in [2.24, 2.45) is 0 Å². The number of nitrogens with one attached hydrogen (secondary N) is 2. The number of alkyl halides is 3. The van der Waals surface area contributed by atoms with Crippen LogP contribution in [0.1, 0.15) is 49.7 Å². The topological polar surface area (TPSA) is 72.1 Å². The maximum absolute atomic E-state index is 13.7. The summed E-state index contributed by atoms with van der Waals surface area (Å²) in [6.45, 7) is 2.37. The van der Waals surface area contributed by atoms with Gasteiger partial charge in [0.2, 0.25) is 0 Å². The summed E-state index contributed by atoms with van der Waals surface area (Å²) in [6, 6.07) is 8.29. The molecule has 1 saturated carbocycles. The van der Waals surface area contributed by atoms with Crippen LogP contribution in [0.25, 0.3) is 0 Å². The van der Waals surface area contributed by atoms with Gasteiger partial charge in [-0.2, -0.15) is 13.2 Å². The Bertz CT molecular complexity index is 1220. The molecule has 0 aromatic heterocycles. The fraction of sp³-hybridized carbons (Fsp3) is 0.552. The normalized spacial score (nSPS) is 25.8. The van der Waals surface area contributed by atoms with Crippen LogP contribution in [0.3, 0.4) is 0 Å². The van der Waals surface area contributed by atoms with Crippen molar-refractivity contribution < 1.29 is 36.6 Å². The average molecular weight is 566 g/mol. The number of ether oxygens (including phenoxy) is 3. The van der Waals surface area contributed by atoms with Gasteiger partial charge in [-0.25, -0.2) is 9.18 Å². The van der Waals surface area contributed by atoms with Gasteiger partial charge in [-0.05, 0) is 81.0 Å². The Morgan fingerprint density at radius 3 is 2.48 bits per heavy atom. The van der Waals surface area contributed by atoms with E-state index in [1.165, 1.54) is 5.56 Å². The molecule has 11 heteroatoms. The largest absolute Gasteiger partial charge is 0.493 e. The zero-order chi connectivity index (χ0) is 28.5. The highest BCUT2D eigenvalue weighted by molar-refractivity contribution is 5.89. The van der Waals surface area contributed by atoms with Crippen LogP contribution in [0.5, 0.6) is 11.5 Å². The van der Waals surface area contributed by atoms with Crippen LogP contribution >= 0.6 is 0 Å². The summed E-state index contributed by atoms with van der Waals surface area (Å²) in [4.78, 5) is 15.4. The van der Waals surface area contributed by atoms with Gasteiger partial charge < -0.3 is 24.8 Å². The Balaban J connectivity index is 1.35. The number of carbonyl (C=O) groups is 1. The van der Waals surface area contributed by atoms with Gasteiger partial charge in [0.15, 0.2) is 11.5 Å². The lowest BCUT2D eigenvalue weighted by molar-refractivity contribution is -0.139. The number of fused-ring (bicyclic) bond motifs is 1. The molecule has 2 saturated heterocycles. The predicted molar refractivity (Wildman–Crippen MR) is 141 cm³/mol. The molecule has 2 aromatic rings. The lowest BCUT2D eigenvalue weighted by Gasteiger charge is -2.47. The van der Waals surface area contributed by atoms with Crippen molar-refractivity contribution in [2.75, 3.05) is 39.3 Å². The maximum Gasteiger partial charge on any atom is 0.419 e. The second-order valence-corrected chi connectivity index (χ2v) is 10.8. The fourth-order valence-corrected chi connectivity index (χ4v) is 6.82. The summed E-state index contributed by atoms with van der Waals surface area (Å²) in [7, 11) is 3.23. The molecule has 0 unspecified atom stereocenters. The van der Waals surface area contributed by atoms with Crippen LogP contribution in [0, 0.1) is 5.82 Å². The number of hydrogen-bond acceptors (Lipinski definition) is 5. The van der Waals surface area contributed by atoms with Crippen molar-refractivity contribution in [3.05, 3.63) is 53.3 Å². The highest BCUT2D eigenvalue weighted by Gasteiger charge is 2.53. The number of rotatable bonds is 6. The van der Waals surface area contributed by atoms with Crippen molar-refractivity contribution >= 4 is 11.7 Å². The molecule has 5 rings (SSSR count). The molecule has 218 valence electrons. The molecule has 2 amide bonds. The number of hydrogen-bond donors (Lipinski definition) is 2. The SMILES string of the molecule is COc1ccc([C@@]23CC[C@H](NC(=O)Nc4ccc(F)c(C(F)(F)F)c4)C[C@H]2N(C2CCOCC2)CC3)cc1OC. The molecule has 3 fully saturated rings. The summed E-state index contributed by atoms with van der Waals surface area (Å²) < 4.78 is 69.7. The zero-order valence-corrected chi connectivity index (χ0v) is 22.7. The number of nitrogens with zero attached hydrogens (tertiary/aromatic N) is 1. The van der Waals surface area contributed by atoms with Crippen LogP contribution in [0.4, 0.5) is 28.0 Å². The third-order valence-electron chi connectivity index (χ3n) is 8.78. The smallest absolute Gasteiger partial charge is 0.419 e. The summed E-state index contributed by atoms with van der Waals surface area (Å²) in [5.74, 6) is -0.0403. The number of urea groups is 1. The molecule has 2 heterocycles. The Morgan fingerprint density at radius 2 is 1.77 bits per heavy atom. The highest BCUT2D eigenvalue weighted by atomic mass is 19.4. The van der Waals surface area contributed by atoms with E-state index in [-0.39, 0.29) is 23.2 Å². The van der Waals surface area contributed by atoms with Gasteiger partial charge in [-0.3, -0.25) is 4.90 Å². The van der Waals surface area contributed by atoms with Gasteiger partial charge in [0.25, 0.3) is 0 Å². The highest BCUT2D eigenvalue weighted by Crippen LogP contribution is 2.51. The molecule has 0 bridgehead atoms. The first-order valence-electron chi connectivity index (χ1n) is 13.6. The quantitative estimate of drug-likeness (QED) is 0.438. The number of benzene rings is 2. The van der Waals surface area contributed by atoms with Crippen molar-refractivity contribution in [2.45, 2.75) is 68.2 Å². The predicted octanol–water partition coefficient (Wildman–Crippen LogP) is 5.73. The second kappa shape index (κ2) is 11.4. The van der Waals surface area contributed by atoms with Gasteiger partial charge in [0.05, 0.1) is 19.8 Å². The third-order valence-corrected chi connectivity index (χ3v) is 8.78. The first kappa shape index (κ1) is 28.5. The van der Waals surface area contributed by atoms with E-state index in [0.717, 1.165) is 51.5 Å². The van der Waals surface area contributed by atoms with E-state index in [4.69, 9.17) is 14.2 Å². The minimum Gasteiger partial charge on any atom is -0.493 e. The van der Waals surface area contributed by atoms with Crippen LogP contribution in [-0.2, 0) is 16.3 Å². The molecule has 2 aliphatic heterocycles. The van der Waals surface area contributed by atoms with Crippen molar-refractivity contribution in [1.82, 2.24) is 10.2 Å². The van der Waals surface area contributed by atoms with E-state index >= 15 is 0 Å². The lowest BCUT2D eigenvalue weighted by Crippen LogP contribution is -2.55. The molecule has 7 nitrogen and oxygen atoms in total. The van der Waals surface area contributed by atoms with Crippen LogP contribution in [0.2, 0.25) is 0 Å². The standard InChI is InChI=1S/C29H35F4N3O4/c1-38-24-6-3-18(15-25(24)39-2)28-10-7-20(17-26(28)36(12-11-28)21-8-13-40-14-9-21)35-27(37)34-19-4-5-23(30)22(16-19)29(31,32)33/h3-6,15-16,20-21,26H,7-14,17H2,1-2H3,(H2,34,35,37)/t20-,26+,28-/m0/s1.